The predicted molar refractivity (Wildman–Crippen MR) is 79.6 cm³/mol. The van der Waals surface area contributed by atoms with Gasteiger partial charge in [0.1, 0.15) is 5.02 Å². The lowest BCUT2D eigenvalue weighted by Gasteiger charge is -2.11. The number of hydrogen-bond donors (Lipinski definition) is 1. The lowest BCUT2D eigenvalue weighted by atomic mass is 10.2. The molecule has 0 radical (unpaired) electrons. The molecule has 0 aliphatic rings. The first-order valence-corrected chi connectivity index (χ1v) is 7.14. The van der Waals surface area contributed by atoms with Gasteiger partial charge in [0, 0.05) is 19.5 Å². The van der Waals surface area contributed by atoms with Crippen LogP contribution < -0.4 is 10.9 Å². The molecule has 8 heteroatoms. The average Bonchev–Trinajstić information content (AvgIpc) is 2.83. The van der Waals surface area contributed by atoms with Crippen molar-refractivity contribution in [3.05, 3.63) is 33.3 Å². The first-order chi connectivity index (χ1) is 9.97. The van der Waals surface area contributed by atoms with Crippen molar-refractivity contribution >= 4 is 17.3 Å². The van der Waals surface area contributed by atoms with Gasteiger partial charge in [0.05, 0.1) is 11.9 Å². The van der Waals surface area contributed by atoms with Crippen molar-refractivity contribution in [2.75, 3.05) is 11.9 Å². The van der Waals surface area contributed by atoms with E-state index in [0.29, 0.717) is 42.8 Å². The summed E-state index contributed by atoms with van der Waals surface area (Å²) in [5, 5.41) is 11.0. The highest BCUT2D eigenvalue weighted by Crippen LogP contribution is 2.15. The average molecular weight is 312 g/mol. The van der Waals surface area contributed by atoms with Gasteiger partial charge < -0.3 is 9.84 Å². The van der Waals surface area contributed by atoms with E-state index >= 15 is 0 Å². The number of anilines is 1. The van der Waals surface area contributed by atoms with Crippen LogP contribution in [0.1, 0.15) is 25.6 Å². The quantitative estimate of drug-likeness (QED) is 0.877. The largest absolute Gasteiger partial charge is 0.382 e. The number of nitrogens with zero attached hydrogens (tertiary/aromatic N) is 4. The van der Waals surface area contributed by atoms with E-state index < -0.39 is 0 Å². The van der Waals surface area contributed by atoms with Crippen molar-refractivity contribution < 1.29 is 4.52 Å². The Bertz CT molecular complexity index is 665. The summed E-state index contributed by atoms with van der Waals surface area (Å²) < 4.78 is 6.38. The molecule has 114 valence electrons. The zero-order valence-corrected chi connectivity index (χ0v) is 13.0. The zero-order valence-electron chi connectivity index (χ0n) is 12.3. The van der Waals surface area contributed by atoms with E-state index in [1.807, 2.05) is 13.8 Å². The summed E-state index contributed by atoms with van der Waals surface area (Å²) in [6.07, 6.45) is 2.11. The Balaban J connectivity index is 2.00. The zero-order chi connectivity index (χ0) is 15.4. The van der Waals surface area contributed by atoms with Crippen LogP contribution >= 0.6 is 11.6 Å². The topological polar surface area (TPSA) is 85.8 Å². The fourth-order valence-corrected chi connectivity index (χ4v) is 2.02. The molecule has 1 N–H and O–H groups in total. The minimum Gasteiger partial charge on any atom is -0.382 e. The van der Waals surface area contributed by atoms with E-state index in [2.05, 4.69) is 20.6 Å². The number of aromatic nitrogens is 4. The third-order valence-corrected chi connectivity index (χ3v) is 3.11. The van der Waals surface area contributed by atoms with Gasteiger partial charge in [-0.3, -0.25) is 4.79 Å². The van der Waals surface area contributed by atoms with Gasteiger partial charge in [-0.05, 0) is 12.8 Å². The number of hydrogen-bond acceptors (Lipinski definition) is 6. The highest BCUT2D eigenvalue weighted by atomic mass is 35.5. The van der Waals surface area contributed by atoms with Crippen molar-refractivity contribution in [2.24, 2.45) is 5.92 Å². The molecular weight excluding hydrogens is 294 g/mol. The Morgan fingerprint density at radius 1 is 1.48 bits per heavy atom. The third kappa shape index (κ3) is 4.04. The molecular formula is C13H18ClN5O2. The second-order valence-corrected chi connectivity index (χ2v) is 5.54. The van der Waals surface area contributed by atoms with Crippen LogP contribution in [0.2, 0.25) is 5.02 Å². The molecule has 0 saturated carbocycles. The smallest absolute Gasteiger partial charge is 0.287 e. The molecule has 0 saturated heterocycles. The summed E-state index contributed by atoms with van der Waals surface area (Å²) in [5.41, 5.74) is 0.224. The maximum absolute atomic E-state index is 12.0. The van der Waals surface area contributed by atoms with Crippen LogP contribution in [0.25, 0.3) is 0 Å². The van der Waals surface area contributed by atoms with Crippen molar-refractivity contribution in [3.8, 4) is 0 Å². The van der Waals surface area contributed by atoms with Gasteiger partial charge in [0.25, 0.3) is 5.56 Å². The van der Waals surface area contributed by atoms with E-state index in [1.54, 1.807) is 13.1 Å². The van der Waals surface area contributed by atoms with Crippen LogP contribution in [0.5, 0.6) is 0 Å². The molecule has 2 heterocycles. The van der Waals surface area contributed by atoms with Gasteiger partial charge in [-0.2, -0.15) is 10.1 Å². The Kier molecular flexibility index (Phi) is 4.95. The fraction of sp³-hybridized carbons (Fsp3) is 0.538. The summed E-state index contributed by atoms with van der Waals surface area (Å²) in [6, 6.07) is 0. The molecule has 2 aromatic heterocycles. The molecule has 0 unspecified atom stereocenters. The highest BCUT2D eigenvalue weighted by Gasteiger charge is 2.10. The molecule has 0 spiro atoms. The molecule has 2 rings (SSSR count). The number of rotatable bonds is 6. The van der Waals surface area contributed by atoms with E-state index in [4.69, 9.17) is 16.1 Å². The molecule has 0 aromatic carbocycles. The SMILES string of the molecule is Cc1noc(CCNc2cnn(CC(C)C)c(=O)c2Cl)n1. The van der Waals surface area contributed by atoms with Crippen molar-refractivity contribution in [1.29, 1.82) is 0 Å². The monoisotopic (exact) mass is 311 g/mol. The summed E-state index contributed by atoms with van der Waals surface area (Å²) in [7, 11) is 0. The second-order valence-electron chi connectivity index (χ2n) is 5.17. The lowest BCUT2D eigenvalue weighted by molar-refractivity contribution is 0.377. The molecule has 0 aliphatic carbocycles. The first kappa shape index (κ1) is 15.5. The van der Waals surface area contributed by atoms with E-state index in [-0.39, 0.29) is 10.6 Å². The van der Waals surface area contributed by atoms with Crippen LogP contribution in [-0.2, 0) is 13.0 Å². The maximum atomic E-state index is 12.0. The summed E-state index contributed by atoms with van der Waals surface area (Å²) >= 11 is 6.08. The molecule has 0 amide bonds. The van der Waals surface area contributed by atoms with Crippen LogP contribution in [0.15, 0.2) is 15.5 Å². The minimum atomic E-state index is -0.288. The van der Waals surface area contributed by atoms with E-state index in [9.17, 15) is 4.79 Å². The number of halogens is 1. The fourth-order valence-electron chi connectivity index (χ4n) is 1.81. The Labute approximate surface area is 127 Å². The number of nitrogens with one attached hydrogen (secondary N) is 1. The van der Waals surface area contributed by atoms with Crippen LogP contribution in [0, 0.1) is 12.8 Å². The first-order valence-electron chi connectivity index (χ1n) is 6.76. The predicted octanol–water partition coefficient (Wildman–Crippen LogP) is 1.90. The molecule has 0 bridgehead atoms. The van der Waals surface area contributed by atoms with Crippen LogP contribution in [0.4, 0.5) is 5.69 Å². The summed E-state index contributed by atoms with van der Waals surface area (Å²) in [5.74, 6) is 1.46. The van der Waals surface area contributed by atoms with Crippen molar-refractivity contribution in [1.82, 2.24) is 19.9 Å². The van der Waals surface area contributed by atoms with Gasteiger partial charge in [-0.15, -0.1) is 0 Å². The molecule has 21 heavy (non-hydrogen) atoms. The van der Waals surface area contributed by atoms with Gasteiger partial charge in [-0.25, -0.2) is 4.68 Å². The van der Waals surface area contributed by atoms with Crippen molar-refractivity contribution in [3.63, 3.8) is 0 Å². The Morgan fingerprint density at radius 3 is 2.86 bits per heavy atom. The Hall–Kier alpha value is -1.89. The summed E-state index contributed by atoms with van der Waals surface area (Å²) in [4.78, 5) is 16.1. The third-order valence-electron chi connectivity index (χ3n) is 2.75. The standard InChI is InChI=1S/C13H18ClN5O2/c1-8(2)7-19-13(20)12(14)10(6-16-19)15-5-4-11-17-9(3)18-21-11/h6,8,15H,4-5,7H2,1-3H3. The number of aryl methyl sites for hydroxylation is 1. The normalized spacial score (nSPS) is 11.1. The van der Waals surface area contributed by atoms with Crippen LogP contribution in [-0.4, -0.2) is 26.5 Å². The van der Waals surface area contributed by atoms with Gasteiger partial charge in [0.15, 0.2) is 5.82 Å². The second kappa shape index (κ2) is 6.71. The molecule has 0 fully saturated rings. The molecule has 2 aromatic rings. The minimum absolute atomic E-state index is 0.146. The van der Waals surface area contributed by atoms with Gasteiger partial charge in [-0.1, -0.05) is 30.6 Å². The molecule has 0 atom stereocenters. The van der Waals surface area contributed by atoms with Gasteiger partial charge >= 0.3 is 0 Å². The van der Waals surface area contributed by atoms with E-state index in [1.165, 1.54) is 4.68 Å². The van der Waals surface area contributed by atoms with Crippen molar-refractivity contribution in [2.45, 2.75) is 33.7 Å². The maximum Gasteiger partial charge on any atom is 0.287 e. The lowest BCUT2D eigenvalue weighted by Crippen LogP contribution is -2.26. The van der Waals surface area contributed by atoms with Gasteiger partial charge in [0.2, 0.25) is 5.89 Å². The molecule has 7 nitrogen and oxygen atoms in total. The molecule has 0 aliphatic heterocycles. The van der Waals surface area contributed by atoms with Crippen LogP contribution in [0.3, 0.4) is 0 Å². The summed E-state index contributed by atoms with van der Waals surface area (Å²) in [6.45, 7) is 6.85. The Morgan fingerprint density at radius 2 is 2.24 bits per heavy atom. The highest BCUT2D eigenvalue weighted by molar-refractivity contribution is 6.32. The van der Waals surface area contributed by atoms with E-state index in [0.717, 1.165) is 0 Å².